The molecule has 3 N–H and O–H groups in total. The van der Waals surface area contributed by atoms with Gasteiger partial charge in [-0.25, -0.2) is 4.98 Å². The first kappa shape index (κ1) is 15.9. The van der Waals surface area contributed by atoms with Crippen LogP contribution < -0.4 is 11.1 Å². The van der Waals surface area contributed by atoms with Crippen molar-refractivity contribution in [2.45, 2.75) is 64.3 Å². The van der Waals surface area contributed by atoms with Gasteiger partial charge in [-0.05, 0) is 49.7 Å². The van der Waals surface area contributed by atoms with E-state index in [0.29, 0.717) is 16.6 Å². The number of thiophene rings is 1. The van der Waals surface area contributed by atoms with Crippen molar-refractivity contribution < 1.29 is 4.79 Å². The number of aromatic nitrogens is 1. The summed E-state index contributed by atoms with van der Waals surface area (Å²) in [7, 11) is 0. The fourth-order valence-corrected chi connectivity index (χ4v) is 5.10. The van der Waals surface area contributed by atoms with Crippen LogP contribution in [0.25, 0.3) is 10.2 Å². The highest BCUT2D eigenvalue weighted by Crippen LogP contribution is 2.37. The maximum absolute atomic E-state index is 12.6. The molecule has 0 radical (unpaired) electrons. The maximum atomic E-state index is 12.6. The molecule has 2 aromatic rings. The largest absolute Gasteiger partial charge is 0.397 e. The van der Waals surface area contributed by atoms with Gasteiger partial charge in [0.15, 0.2) is 0 Å². The normalized spacial score (nSPS) is 21.1. The van der Waals surface area contributed by atoms with Crippen LogP contribution in [-0.2, 0) is 12.8 Å². The molecule has 2 aliphatic rings. The molecule has 2 aromatic heterocycles. The number of nitrogens with zero attached hydrogens (tertiary/aromatic N) is 1. The van der Waals surface area contributed by atoms with Gasteiger partial charge in [0.2, 0.25) is 0 Å². The van der Waals surface area contributed by atoms with E-state index < -0.39 is 0 Å². The third-order valence-corrected chi connectivity index (χ3v) is 6.78. The Morgan fingerprint density at radius 1 is 1.38 bits per heavy atom. The van der Waals surface area contributed by atoms with Gasteiger partial charge < -0.3 is 11.1 Å². The number of carbonyl (C=O) groups is 1. The summed E-state index contributed by atoms with van der Waals surface area (Å²) in [5.74, 6) is 0.730. The zero-order chi connectivity index (χ0) is 16.7. The van der Waals surface area contributed by atoms with Gasteiger partial charge in [0.05, 0.1) is 5.69 Å². The highest BCUT2D eigenvalue weighted by molar-refractivity contribution is 7.21. The van der Waals surface area contributed by atoms with E-state index >= 15 is 0 Å². The van der Waals surface area contributed by atoms with Crippen molar-refractivity contribution in [1.82, 2.24) is 10.3 Å². The van der Waals surface area contributed by atoms with Crippen LogP contribution in [0.5, 0.6) is 0 Å². The van der Waals surface area contributed by atoms with Gasteiger partial charge in [-0.3, -0.25) is 4.79 Å². The van der Waals surface area contributed by atoms with Crippen LogP contribution in [0.1, 0.15) is 66.4 Å². The summed E-state index contributed by atoms with van der Waals surface area (Å²) in [4.78, 5) is 19.0. The average molecular weight is 343 g/mol. The van der Waals surface area contributed by atoms with E-state index in [4.69, 9.17) is 10.7 Å². The van der Waals surface area contributed by atoms with E-state index in [0.717, 1.165) is 41.8 Å². The number of rotatable bonds is 3. The molecule has 24 heavy (non-hydrogen) atoms. The topological polar surface area (TPSA) is 68.0 Å². The van der Waals surface area contributed by atoms with E-state index in [1.807, 2.05) is 0 Å². The second kappa shape index (κ2) is 6.36. The lowest BCUT2D eigenvalue weighted by molar-refractivity contribution is 0.0943. The van der Waals surface area contributed by atoms with Crippen molar-refractivity contribution in [3.8, 4) is 0 Å². The summed E-state index contributed by atoms with van der Waals surface area (Å²) in [5, 5.41) is 4.11. The summed E-state index contributed by atoms with van der Waals surface area (Å²) < 4.78 is 0. The molecule has 2 aliphatic carbocycles. The Hall–Kier alpha value is -1.62. The van der Waals surface area contributed by atoms with E-state index in [-0.39, 0.29) is 5.91 Å². The Labute approximate surface area is 146 Å². The van der Waals surface area contributed by atoms with Crippen molar-refractivity contribution in [1.29, 1.82) is 0 Å². The standard InChI is InChI=1S/C19H25N3OS/c1-2-11-7-8-15-12(9-11)10-14-16(20)17(24-19(14)22-15)18(23)21-13-5-3-4-6-13/h10-11,13H,2-9,20H2,1H3,(H,21,23)/t11-/m0/s1. The molecule has 128 valence electrons. The minimum Gasteiger partial charge on any atom is -0.397 e. The number of nitrogens with one attached hydrogen (secondary N) is 1. The molecular formula is C19H25N3OS. The number of anilines is 1. The number of hydrogen-bond donors (Lipinski definition) is 2. The van der Waals surface area contributed by atoms with E-state index in [1.54, 1.807) is 0 Å². The molecule has 2 heterocycles. The molecule has 0 saturated heterocycles. The molecule has 1 fully saturated rings. The van der Waals surface area contributed by atoms with Crippen molar-refractivity contribution in [2.24, 2.45) is 5.92 Å². The number of pyridine rings is 1. The number of amides is 1. The summed E-state index contributed by atoms with van der Waals surface area (Å²) in [5.41, 5.74) is 9.47. The molecular weight excluding hydrogens is 318 g/mol. The van der Waals surface area contributed by atoms with Crippen molar-refractivity contribution in [2.75, 3.05) is 5.73 Å². The Bertz CT molecular complexity index is 777. The lowest BCUT2D eigenvalue weighted by Gasteiger charge is -2.22. The van der Waals surface area contributed by atoms with Crippen LogP contribution in [-0.4, -0.2) is 16.9 Å². The van der Waals surface area contributed by atoms with E-state index in [9.17, 15) is 4.79 Å². The molecule has 5 heteroatoms. The van der Waals surface area contributed by atoms with Gasteiger partial charge >= 0.3 is 0 Å². The van der Waals surface area contributed by atoms with Gasteiger partial charge in [0.1, 0.15) is 9.71 Å². The monoisotopic (exact) mass is 343 g/mol. The predicted molar refractivity (Wildman–Crippen MR) is 99.6 cm³/mol. The highest BCUT2D eigenvalue weighted by atomic mass is 32.1. The molecule has 0 aliphatic heterocycles. The first-order chi connectivity index (χ1) is 11.7. The van der Waals surface area contributed by atoms with Gasteiger partial charge in [-0.1, -0.05) is 26.2 Å². The lowest BCUT2D eigenvalue weighted by Crippen LogP contribution is -2.32. The Kier molecular flexibility index (Phi) is 4.21. The van der Waals surface area contributed by atoms with E-state index in [1.165, 1.54) is 48.3 Å². The second-order valence-electron chi connectivity index (χ2n) is 7.26. The number of carbonyl (C=O) groups excluding carboxylic acids is 1. The van der Waals surface area contributed by atoms with Gasteiger partial charge in [0, 0.05) is 17.1 Å². The number of aryl methyl sites for hydroxylation is 1. The number of nitrogen functional groups attached to an aromatic ring is 1. The quantitative estimate of drug-likeness (QED) is 0.883. The number of nitrogens with two attached hydrogens (primary N) is 1. The number of hydrogen-bond acceptors (Lipinski definition) is 4. The van der Waals surface area contributed by atoms with Crippen LogP contribution in [0.15, 0.2) is 6.07 Å². The highest BCUT2D eigenvalue weighted by Gasteiger charge is 2.25. The zero-order valence-electron chi connectivity index (χ0n) is 14.2. The number of fused-ring (bicyclic) bond motifs is 2. The summed E-state index contributed by atoms with van der Waals surface area (Å²) >= 11 is 1.45. The first-order valence-electron chi connectivity index (χ1n) is 9.17. The fourth-order valence-electron chi connectivity index (χ4n) is 4.10. The van der Waals surface area contributed by atoms with Crippen LogP contribution in [0.3, 0.4) is 0 Å². The third kappa shape index (κ3) is 2.79. The Morgan fingerprint density at radius 2 is 2.17 bits per heavy atom. The van der Waals surface area contributed by atoms with Crippen LogP contribution in [0.2, 0.25) is 0 Å². The first-order valence-corrected chi connectivity index (χ1v) is 9.99. The molecule has 1 amide bonds. The van der Waals surface area contributed by atoms with Crippen LogP contribution >= 0.6 is 11.3 Å². The lowest BCUT2D eigenvalue weighted by atomic mass is 9.85. The average Bonchev–Trinajstić information content (AvgIpc) is 3.21. The molecule has 0 bridgehead atoms. The van der Waals surface area contributed by atoms with Gasteiger partial charge in [-0.15, -0.1) is 11.3 Å². The van der Waals surface area contributed by atoms with Crippen LogP contribution in [0.4, 0.5) is 5.69 Å². The minimum absolute atomic E-state index is 0.0215. The van der Waals surface area contributed by atoms with E-state index in [2.05, 4.69) is 18.3 Å². The molecule has 0 spiro atoms. The SMILES string of the molecule is CC[C@H]1CCc2nc3sc(C(=O)NC4CCCC4)c(N)c3cc2C1. The predicted octanol–water partition coefficient (Wildman–Crippen LogP) is 4.07. The molecule has 1 saturated carbocycles. The summed E-state index contributed by atoms with van der Waals surface area (Å²) in [6, 6.07) is 2.51. The molecule has 4 rings (SSSR count). The minimum atomic E-state index is -0.0215. The third-order valence-electron chi connectivity index (χ3n) is 5.66. The molecule has 4 nitrogen and oxygen atoms in total. The Balaban J connectivity index is 1.65. The van der Waals surface area contributed by atoms with Crippen molar-refractivity contribution >= 4 is 33.1 Å². The molecule has 0 unspecified atom stereocenters. The maximum Gasteiger partial charge on any atom is 0.263 e. The zero-order valence-corrected chi connectivity index (χ0v) is 15.0. The molecule has 0 aromatic carbocycles. The Morgan fingerprint density at radius 3 is 2.92 bits per heavy atom. The summed E-state index contributed by atoms with van der Waals surface area (Å²) in [6.07, 6.45) is 9.16. The fraction of sp³-hybridized carbons (Fsp3) is 0.579. The van der Waals surface area contributed by atoms with Crippen molar-refractivity contribution in [3.05, 3.63) is 22.2 Å². The second-order valence-corrected chi connectivity index (χ2v) is 8.26. The smallest absolute Gasteiger partial charge is 0.263 e. The van der Waals surface area contributed by atoms with Gasteiger partial charge in [0.25, 0.3) is 5.91 Å². The van der Waals surface area contributed by atoms with Crippen molar-refractivity contribution in [3.63, 3.8) is 0 Å². The van der Waals surface area contributed by atoms with Crippen LogP contribution in [0, 0.1) is 5.92 Å². The summed E-state index contributed by atoms with van der Waals surface area (Å²) in [6.45, 7) is 2.26. The van der Waals surface area contributed by atoms with Gasteiger partial charge in [-0.2, -0.15) is 0 Å². The molecule has 1 atom stereocenters.